The lowest BCUT2D eigenvalue weighted by Crippen LogP contribution is -2.18. The van der Waals surface area contributed by atoms with E-state index in [0.29, 0.717) is 22.6 Å². The number of nitro benzene ring substituents is 1. The average molecular weight is 482 g/mol. The Hall–Kier alpha value is -4.59. The monoisotopic (exact) mass is 482 g/mol. The van der Waals surface area contributed by atoms with E-state index in [1.54, 1.807) is 24.3 Å². The van der Waals surface area contributed by atoms with E-state index < -0.39 is 10.9 Å². The molecule has 1 aromatic heterocycles. The van der Waals surface area contributed by atoms with Gasteiger partial charge in [0.2, 0.25) is 0 Å². The Morgan fingerprint density at radius 2 is 1.56 bits per heavy atom. The van der Waals surface area contributed by atoms with Gasteiger partial charge in [0.1, 0.15) is 11.5 Å². The standard InChI is InChI=1S/C28H22N2O6/c31-26(18-9-13-20(14-10-18)36-21-15-11-19(12-16-21)30(33)34)17-35-28(32)27-22-5-1-3-7-24(22)29-25-8-4-2-6-23(25)27/h1,3,5,7,9-16H,2,4,6,8,17H2. The largest absolute Gasteiger partial charge is 0.457 e. The molecular weight excluding hydrogens is 460 g/mol. The van der Waals surface area contributed by atoms with Crippen molar-refractivity contribution in [3.8, 4) is 11.5 Å². The van der Waals surface area contributed by atoms with Gasteiger partial charge in [-0.3, -0.25) is 19.9 Å². The first-order valence-corrected chi connectivity index (χ1v) is 11.6. The van der Waals surface area contributed by atoms with Crippen molar-refractivity contribution in [1.29, 1.82) is 0 Å². The minimum Gasteiger partial charge on any atom is -0.457 e. The third-order valence-electron chi connectivity index (χ3n) is 6.17. The number of carbonyl (C=O) groups excluding carboxylic acids is 2. The van der Waals surface area contributed by atoms with Crippen LogP contribution in [-0.4, -0.2) is 28.3 Å². The fraction of sp³-hybridized carbons (Fsp3) is 0.179. The maximum absolute atomic E-state index is 13.1. The molecule has 0 N–H and O–H groups in total. The molecule has 8 heteroatoms. The van der Waals surface area contributed by atoms with Gasteiger partial charge in [0.05, 0.1) is 16.0 Å². The molecule has 0 unspecified atom stereocenters. The van der Waals surface area contributed by atoms with E-state index >= 15 is 0 Å². The number of nitrogens with zero attached hydrogens (tertiary/aromatic N) is 2. The third kappa shape index (κ3) is 4.79. The molecule has 0 saturated carbocycles. The topological polar surface area (TPSA) is 109 Å². The smallest absolute Gasteiger partial charge is 0.339 e. The molecule has 0 fully saturated rings. The van der Waals surface area contributed by atoms with Crippen LogP contribution in [0.5, 0.6) is 11.5 Å². The van der Waals surface area contributed by atoms with Gasteiger partial charge in [0.25, 0.3) is 5.69 Å². The fourth-order valence-electron chi connectivity index (χ4n) is 4.37. The molecule has 180 valence electrons. The Morgan fingerprint density at radius 3 is 2.28 bits per heavy atom. The molecule has 4 aromatic rings. The van der Waals surface area contributed by atoms with E-state index in [4.69, 9.17) is 14.5 Å². The van der Waals surface area contributed by atoms with Gasteiger partial charge in [0, 0.05) is 28.8 Å². The van der Waals surface area contributed by atoms with E-state index in [-0.39, 0.29) is 18.1 Å². The highest BCUT2D eigenvalue weighted by Gasteiger charge is 2.24. The summed E-state index contributed by atoms with van der Waals surface area (Å²) in [4.78, 5) is 40.9. The maximum Gasteiger partial charge on any atom is 0.339 e. The number of hydrogen-bond acceptors (Lipinski definition) is 7. The van der Waals surface area contributed by atoms with Crippen LogP contribution < -0.4 is 4.74 Å². The Bertz CT molecular complexity index is 1460. The highest BCUT2D eigenvalue weighted by molar-refractivity contribution is 6.06. The van der Waals surface area contributed by atoms with Crippen LogP contribution >= 0.6 is 0 Å². The molecule has 0 spiro atoms. The second kappa shape index (κ2) is 9.95. The predicted octanol–water partition coefficient (Wildman–Crippen LogP) is 5.85. The SMILES string of the molecule is O=C(COC(=O)c1c2c(nc3ccccc13)CCCC2)c1ccc(Oc2ccc([N+](=O)[O-])cc2)cc1. The number of aromatic nitrogens is 1. The van der Waals surface area contributed by atoms with Crippen LogP contribution in [0.25, 0.3) is 10.9 Å². The van der Waals surface area contributed by atoms with Gasteiger partial charge in [-0.15, -0.1) is 0 Å². The lowest BCUT2D eigenvalue weighted by molar-refractivity contribution is -0.384. The number of para-hydroxylation sites is 1. The molecule has 8 nitrogen and oxygen atoms in total. The van der Waals surface area contributed by atoms with Gasteiger partial charge in [-0.1, -0.05) is 18.2 Å². The van der Waals surface area contributed by atoms with E-state index in [1.807, 2.05) is 24.3 Å². The number of pyridine rings is 1. The highest BCUT2D eigenvalue weighted by atomic mass is 16.6. The molecule has 0 aliphatic heterocycles. The Kier molecular flexibility index (Phi) is 6.40. The van der Waals surface area contributed by atoms with Crippen LogP contribution in [0, 0.1) is 10.1 Å². The molecule has 1 heterocycles. The number of carbonyl (C=O) groups is 2. The number of Topliss-reactive ketones (excluding diaryl/α,β-unsaturated/α-hetero) is 1. The first kappa shape index (κ1) is 23.2. The van der Waals surface area contributed by atoms with Gasteiger partial charge in [-0.25, -0.2) is 4.79 Å². The third-order valence-corrected chi connectivity index (χ3v) is 6.17. The summed E-state index contributed by atoms with van der Waals surface area (Å²) >= 11 is 0. The predicted molar refractivity (Wildman–Crippen MR) is 133 cm³/mol. The highest BCUT2D eigenvalue weighted by Crippen LogP contribution is 2.30. The molecule has 1 aliphatic rings. The summed E-state index contributed by atoms with van der Waals surface area (Å²) in [5.74, 6) is 0.0458. The number of fused-ring (bicyclic) bond motifs is 2. The zero-order valence-corrected chi connectivity index (χ0v) is 19.3. The van der Waals surface area contributed by atoms with Gasteiger partial charge < -0.3 is 9.47 Å². The Morgan fingerprint density at radius 1 is 0.889 bits per heavy atom. The van der Waals surface area contributed by atoms with Crippen LogP contribution in [0.2, 0.25) is 0 Å². The zero-order valence-electron chi connectivity index (χ0n) is 19.3. The molecule has 0 bridgehead atoms. The van der Waals surface area contributed by atoms with Gasteiger partial charge >= 0.3 is 5.97 Å². The first-order chi connectivity index (χ1) is 17.5. The number of non-ortho nitro benzene ring substituents is 1. The van der Waals surface area contributed by atoms with Crippen LogP contribution in [0.15, 0.2) is 72.8 Å². The summed E-state index contributed by atoms with van der Waals surface area (Å²) in [6.07, 6.45) is 3.62. The van der Waals surface area contributed by atoms with Crippen molar-refractivity contribution in [3.63, 3.8) is 0 Å². The van der Waals surface area contributed by atoms with Crippen LogP contribution in [0.3, 0.4) is 0 Å². The summed E-state index contributed by atoms with van der Waals surface area (Å²) in [5.41, 5.74) is 3.46. The summed E-state index contributed by atoms with van der Waals surface area (Å²) in [6, 6.07) is 19.6. The minimum absolute atomic E-state index is 0.0295. The van der Waals surface area contributed by atoms with Crippen molar-refractivity contribution in [2.45, 2.75) is 25.7 Å². The summed E-state index contributed by atoms with van der Waals surface area (Å²) < 4.78 is 11.1. The normalized spacial score (nSPS) is 12.6. The van der Waals surface area contributed by atoms with Gasteiger partial charge in [-0.2, -0.15) is 0 Å². The average Bonchev–Trinajstić information content (AvgIpc) is 2.91. The van der Waals surface area contributed by atoms with Crippen molar-refractivity contribution in [2.75, 3.05) is 6.61 Å². The number of rotatable bonds is 7. The van der Waals surface area contributed by atoms with Gasteiger partial charge in [0.15, 0.2) is 12.4 Å². The van der Waals surface area contributed by atoms with E-state index in [1.165, 1.54) is 24.3 Å². The molecular formula is C28H22N2O6. The number of aryl methyl sites for hydroxylation is 1. The fourth-order valence-corrected chi connectivity index (χ4v) is 4.37. The number of nitro groups is 1. The molecule has 5 rings (SSSR count). The lowest BCUT2D eigenvalue weighted by Gasteiger charge is -2.19. The summed E-state index contributed by atoms with van der Waals surface area (Å²) in [5, 5.41) is 11.5. The number of benzene rings is 3. The van der Waals surface area contributed by atoms with Crippen molar-refractivity contribution in [3.05, 3.63) is 105 Å². The lowest BCUT2D eigenvalue weighted by atomic mass is 9.90. The second-order valence-electron chi connectivity index (χ2n) is 8.51. The Labute approximate surface area is 206 Å². The summed E-state index contributed by atoms with van der Waals surface area (Å²) in [7, 11) is 0. The Balaban J connectivity index is 1.27. The molecule has 0 radical (unpaired) electrons. The van der Waals surface area contributed by atoms with Crippen molar-refractivity contribution >= 4 is 28.3 Å². The molecule has 1 aliphatic carbocycles. The first-order valence-electron chi connectivity index (χ1n) is 11.6. The minimum atomic E-state index is -0.516. The number of ketones is 1. The number of ether oxygens (including phenoxy) is 2. The molecule has 36 heavy (non-hydrogen) atoms. The number of hydrogen-bond donors (Lipinski definition) is 0. The van der Waals surface area contributed by atoms with Crippen molar-refractivity contribution in [1.82, 2.24) is 4.98 Å². The van der Waals surface area contributed by atoms with Crippen molar-refractivity contribution in [2.24, 2.45) is 0 Å². The van der Waals surface area contributed by atoms with Crippen molar-refractivity contribution < 1.29 is 24.0 Å². The quantitative estimate of drug-likeness (QED) is 0.141. The molecule has 0 saturated heterocycles. The maximum atomic E-state index is 13.1. The second-order valence-corrected chi connectivity index (χ2v) is 8.51. The van der Waals surface area contributed by atoms with E-state index in [9.17, 15) is 19.7 Å². The van der Waals surface area contributed by atoms with Crippen LogP contribution in [0.4, 0.5) is 5.69 Å². The van der Waals surface area contributed by atoms with E-state index in [0.717, 1.165) is 47.8 Å². The molecule has 0 amide bonds. The summed E-state index contributed by atoms with van der Waals surface area (Å²) in [6.45, 7) is -0.382. The molecule has 0 atom stereocenters. The van der Waals surface area contributed by atoms with Crippen LogP contribution in [-0.2, 0) is 17.6 Å². The van der Waals surface area contributed by atoms with Crippen LogP contribution in [0.1, 0.15) is 44.8 Å². The van der Waals surface area contributed by atoms with Gasteiger partial charge in [-0.05, 0) is 73.7 Å². The molecule has 3 aromatic carbocycles. The zero-order chi connectivity index (χ0) is 25.1. The van der Waals surface area contributed by atoms with E-state index in [2.05, 4.69) is 0 Å². The number of esters is 1.